The topological polar surface area (TPSA) is 12.5 Å². The highest BCUT2D eigenvalue weighted by Gasteiger charge is 2.44. The number of aryl methyl sites for hydroxylation is 2. The molecule has 0 N–H and O–H groups in total. The van der Waals surface area contributed by atoms with Gasteiger partial charge in [-0.25, -0.2) is 0 Å². The molecule has 0 atom stereocenters. The third kappa shape index (κ3) is 4.29. The van der Waals surface area contributed by atoms with Crippen LogP contribution in [0.3, 0.4) is 0 Å². The van der Waals surface area contributed by atoms with E-state index in [1.165, 1.54) is 16.7 Å². The lowest BCUT2D eigenvalue weighted by Gasteiger charge is -2.42. The van der Waals surface area contributed by atoms with E-state index in [4.69, 9.17) is 4.74 Å². The van der Waals surface area contributed by atoms with Gasteiger partial charge in [0.05, 0.1) is 0 Å². The van der Waals surface area contributed by atoms with Crippen LogP contribution in [-0.2, 0) is 5.60 Å². The van der Waals surface area contributed by atoms with Crippen molar-refractivity contribution < 1.29 is 4.74 Å². The molecule has 0 saturated heterocycles. The average molecular weight is 530 g/mol. The lowest BCUT2D eigenvalue weighted by atomic mass is 9.75. The van der Waals surface area contributed by atoms with Gasteiger partial charge in [0.15, 0.2) is 5.60 Å². The van der Waals surface area contributed by atoms with E-state index in [0.29, 0.717) is 0 Å². The van der Waals surface area contributed by atoms with Gasteiger partial charge < -0.3 is 9.64 Å². The molecule has 0 fully saturated rings. The fourth-order valence-electron chi connectivity index (χ4n) is 5.98. The number of hydrogen-bond donors (Lipinski definition) is 0. The molecule has 0 saturated carbocycles. The van der Waals surface area contributed by atoms with E-state index in [2.05, 4.69) is 170 Å². The van der Waals surface area contributed by atoms with E-state index in [9.17, 15) is 0 Å². The first-order chi connectivity index (χ1) is 20.1. The van der Waals surface area contributed by atoms with Crippen molar-refractivity contribution in [2.24, 2.45) is 0 Å². The largest absolute Gasteiger partial charge is 0.472 e. The molecule has 0 radical (unpaired) electrons. The fourth-order valence-corrected chi connectivity index (χ4v) is 5.98. The van der Waals surface area contributed by atoms with E-state index < -0.39 is 5.60 Å². The molecule has 2 nitrogen and oxygen atoms in total. The minimum Gasteiger partial charge on any atom is -0.472 e. The summed E-state index contributed by atoms with van der Waals surface area (Å²) in [6.45, 7) is 4.25. The summed E-state index contributed by atoms with van der Waals surface area (Å²) in [4.78, 5) is 2.28. The molecule has 6 aromatic rings. The van der Waals surface area contributed by atoms with Gasteiger partial charge in [-0.1, -0.05) is 120 Å². The zero-order valence-electron chi connectivity index (χ0n) is 23.3. The maximum atomic E-state index is 7.33. The van der Waals surface area contributed by atoms with Crippen LogP contribution in [0.1, 0.15) is 27.8 Å². The summed E-state index contributed by atoms with van der Waals surface area (Å²) in [5.74, 6) is 0.860. The molecule has 0 aliphatic carbocycles. The van der Waals surface area contributed by atoms with Gasteiger partial charge in [0, 0.05) is 45.4 Å². The number of para-hydroxylation sites is 2. The summed E-state index contributed by atoms with van der Waals surface area (Å²) in [5.41, 5.74) is 10.5. The van der Waals surface area contributed by atoms with Crippen LogP contribution in [0.25, 0.3) is 11.1 Å². The molecule has 1 aliphatic rings. The van der Waals surface area contributed by atoms with E-state index in [1.807, 2.05) is 0 Å². The van der Waals surface area contributed by atoms with E-state index in [1.54, 1.807) is 0 Å². The van der Waals surface area contributed by atoms with Crippen LogP contribution in [0, 0.1) is 13.8 Å². The van der Waals surface area contributed by atoms with Crippen LogP contribution in [0.15, 0.2) is 152 Å². The first kappa shape index (κ1) is 24.9. The Morgan fingerprint density at radius 3 is 1.54 bits per heavy atom. The average Bonchev–Trinajstić information content (AvgIpc) is 3.02. The predicted molar refractivity (Wildman–Crippen MR) is 169 cm³/mol. The fraction of sp³-hybridized carbons (Fsp3) is 0.0769. The Kier molecular flexibility index (Phi) is 6.17. The standard InChI is InChI=1S/C39H31NO/c1-28-17-21-30(22-18-28)39(31-23-19-29(2)20-24-31)37-16-10-9-15-35(37)36-26-25-34(27-38(36)41-39)40(32-11-5-3-6-12-32)33-13-7-4-8-14-33/h3-27H,1-2H3. The van der Waals surface area contributed by atoms with Gasteiger partial charge in [-0.05, 0) is 55.8 Å². The van der Waals surface area contributed by atoms with Gasteiger partial charge in [-0.3, -0.25) is 0 Å². The summed E-state index contributed by atoms with van der Waals surface area (Å²) >= 11 is 0. The van der Waals surface area contributed by atoms with Gasteiger partial charge >= 0.3 is 0 Å². The molecule has 1 heterocycles. The number of nitrogens with zero attached hydrogens (tertiary/aromatic N) is 1. The number of benzene rings is 6. The Morgan fingerprint density at radius 1 is 0.463 bits per heavy atom. The summed E-state index contributed by atoms with van der Waals surface area (Å²) < 4.78 is 7.33. The van der Waals surface area contributed by atoms with Crippen LogP contribution >= 0.6 is 0 Å². The lowest BCUT2D eigenvalue weighted by Crippen LogP contribution is -2.38. The number of anilines is 3. The maximum absolute atomic E-state index is 7.33. The van der Waals surface area contributed by atoms with Gasteiger partial charge in [-0.15, -0.1) is 0 Å². The first-order valence-electron chi connectivity index (χ1n) is 14.1. The smallest absolute Gasteiger partial charge is 0.185 e. The van der Waals surface area contributed by atoms with E-state index in [-0.39, 0.29) is 0 Å². The molecule has 6 aromatic carbocycles. The lowest BCUT2D eigenvalue weighted by molar-refractivity contribution is 0.152. The SMILES string of the molecule is Cc1ccc(C2(c3ccc(C)cc3)Oc3cc(N(c4ccccc4)c4ccccc4)ccc3-c3ccccc32)cc1. The Morgan fingerprint density at radius 2 is 0.976 bits per heavy atom. The number of fused-ring (bicyclic) bond motifs is 3. The first-order valence-corrected chi connectivity index (χ1v) is 14.1. The highest BCUT2D eigenvalue weighted by Crippen LogP contribution is 2.53. The van der Waals surface area contributed by atoms with Crippen molar-refractivity contribution in [1.29, 1.82) is 0 Å². The molecular weight excluding hydrogens is 498 g/mol. The maximum Gasteiger partial charge on any atom is 0.185 e. The Labute approximate surface area is 242 Å². The minimum absolute atomic E-state index is 0.798. The van der Waals surface area contributed by atoms with Crippen molar-refractivity contribution in [2.75, 3.05) is 4.90 Å². The van der Waals surface area contributed by atoms with E-state index >= 15 is 0 Å². The number of hydrogen-bond acceptors (Lipinski definition) is 2. The molecule has 1 aliphatic heterocycles. The summed E-state index contributed by atoms with van der Waals surface area (Å²) in [5, 5.41) is 0. The Bertz CT molecular complexity index is 1720. The highest BCUT2D eigenvalue weighted by atomic mass is 16.5. The van der Waals surface area contributed by atoms with Crippen molar-refractivity contribution in [2.45, 2.75) is 19.4 Å². The molecule has 2 heteroatoms. The summed E-state index contributed by atoms with van der Waals surface area (Å²) in [6, 6.07) is 53.8. The third-order valence-corrected chi connectivity index (χ3v) is 8.03. The normalized spacial score (nSPS) is 13.0. The van der Waals surface area contributed by atoms with Crippen LogP contribution in [0.5, 0.6) is 5.75 Å². The predicted octanol–water partition coefficient (Wildman–Crippen LogP) is 10.1. The van der Waals surface area contributed by atoms with Gasteiger partial charge in [-0.2, -0.15) is 0 Å². The Balaban J connectivity index is 1.47. The highest BCUT2D eigenvalue weighted by molar-refractivity contribution is 5.84. The van der Waals surface area contributed by atoms with Gasteiger partial charge in [0.1, 0.15) is 5.75 Å². The van der Waals surface area contributed by atoms with Gasteiger partial charge in [0.2, 0.25) is 0 Å². The summed E-state index contributed by atoms with van der Waals surface area (Å²) in [7, 11) is 0. The number of rotatable bonds is 5. The Hall–Kier alpha value is -5.08. The van der Waals surface area contributed by atoms with Crippen LogP contribution < -0.4 is 9.64 Å². The second kappa shape index (κ2) is 10.1. The quantitative estimate of drug-likeness (QED) is 0.220. The van der Waals surface area contributed by atoms with Gasteiger partial charge in [0.25, 0.3) is 0 Å². The van der Waals surface area contributed by atoms with Crippen molar-refractivity contribution in [3.05, 3.63) is 179 Å². The molecular formula is C39H31NO. The molecule has 0 unspecified atom stereocenters. The van der Waals surface area contributed by atoms with Crippen LogP contribution in [0.4, 0.5) is 17.1 Å². The molecule has 41 heavy (non-hydrogen) atoms. The second-order valence-corrected chi connectivity index (χ2v) is 10.7. The van der Waals surface area contributed by atoms with Crippen molar-refractivity contribution in [1.82, 2.24) is 0 Å². The second-order valence-electron chi connectivity index (χ2n) is 10.7. The molecule has 7 rings (SSSR count). The van der Waals surface area contributed by atoms with Crippen LogP contribution in [0.2, 0.25) is 0 Å². The van der Waals surface area contributed by atoms with Crippen molar-refractivity contribution in [3.8, 4) is 16.9 Å². The number of ether oxygens (including phenoxy) is 1. The third-order valence-electron chi connectivity index (χ3n) is 8.03. The van der Waals surface area contributed by atoms with E-state index in [0.717, 1.165) is 45.1 Å². The molecule has 0 aromatic heterocycles. The zero-order valence-corrected chi connectivity index (χ0v) is 23.3. The molecule has 0 bridgehead atoms. The van der Waals surface area contributed by atoms with Crippen molar-refractivity contribution in [3.63, 3.8) is 0 Å². The van der Waals surface area contributed by atoms with Crippen molar-refractivity contribution >= 4 is 17.1 Å². The monoisotopic (exact) mass is 529 g/mol. The minimum atomic E-state index is -0.798. The summed E-state index contributed by atoms with van der Waals surface area (Å²) in [6.07, 6.45) is 0. The molecule has 0 amide bonds. The molecule has 198 valence electrons. The van der Waals surface area contributed by atoms with Crippen LogP contribution in [-0.4, -0.2) is 0 Å². The molecule has 0 spiro atoms. The zero-order chi connectivity index (χ0) is 27.8.